The fourth-order valence-corrected chi connectivity index (χ4v) is 4.46. The summed E-state index contributed by atoms with van der Waals surface area (Å²) in [6.45, 7) is 1.72. The number of thiophene rings is 1. The number of hydrogen-bond donors (Lipinski definition) is 1. The Morgan fingerprint density at radius 1 is 1.38 bits per heavy atom. The van der Waals surface area contributed by atoms with Gasteiger partial charge in [0.25, 0.3) is 0 Å². The minimum absolute atomic E-state index is 0.00607. The van der Waals surface area contributed by atoms with Gasteiger partial charge >= 0.3 is 0 Å². The van der Waals surface area contributed by atoms with Gasteiger partial charge in [0.05, 0.1) is 14.9 Å². The van der Waals surface area contributed by atoms with Crippen LogP contribution >= 0.6 is 22.9 Å². The predicted molar refractivity (Wildman–Crippen MR) is 83.5 cm³/mol. The molecule has 2 aromatic rings. The lowest BCUT2D eigenvalue weighted by atomic mass is 10.2. The maximum Gasteiger partial charge on any atom is 0.243 e. The zero-order valence-electron chi connectivity index (χ0n) is 11.4. The standard InChI is InChI=1S/C13H14ClFN2O2S2/c1-8-5-10(15)11(16)6-12(8)21(18,19)17(2)7-9-3-4-13(14)20-9/h3-6H,7,16H2,1-2H3. The van der Waals surface area contributed by atoms with Crippen molar-refractivity contribution >= 4 is 38.6 Å². The fraction of sp³-hybridized carbons (Fsp3) is 0.231. The van der Waals surface area contributed by atoms with Crippen LogP contribution in [0.2, 0.25) is 4.34 Å². The Morgan fingerprint density at radius 2 is 2.05 bits per heavy atom. The molecule has 0 spiro atoms. The van der Waals surface area contributed by atoms with E-state index in [0.29, 0.717) is 9.90 Å². The second-order valence-corrected chi connectivity index (χ2v) is 8.42. The Morgan fingerprint density at radius 3 is 2.62 bits per heavy atom. The molecule has 0 bridgehead atoms. The zero-order chi connectivity index (χ0) is 15.8. The van der Waals surface area contributed by atoms with Crippen molar-refractivity contribution in [1.82, 2.24) is 4.31 Å². The van der Waals surface area contributed by atoms with E-state index in [2.05, 4.69) is 0 Å². The van der Waals surface area contributed by atoms with Gasteiger partial charge in [-0.3, -0.25) is 0 Å². The van der Waals surface area contributed by atoms with Gasteiger partial charge in [-0.1, -0.05) is 11.6 Å². The maximum absolute atomic E-state index is 13.4. The Bertz CT molecular complexity index is 774. The van der Waals surface area contributed by atoms with Crippen LogP contribution in [0.1, 0.15) is 10.4 Å². The van der Waals surface area contributed by atoms with Crippen molar-refractivity contribution in [3.05, 3.63) is 44.9 Å². The molecule has 0 saturated heterocycles. The van der Waals surface area contributed by atoms with Gasteiger partial charge in [-0.15, -0.1) is 11.3 Å². The molecule has 0 aliphatic heterocycles. The number of halogens is 2. The second kappa shape index (κ2) is 5.92. The highest BCUT2D eigenvalue weighted by Gasteiger charge is 2.24. The van der Waals surface area contributed by atoms with Gasteiger partial charge in [-0.25, -0.2) is 12.8 Å². The molecular weight excluding hydrogens is 335 g/mol. The molecule has 1 aromatic carbocycles. The predicted octanol–water partition coefficient (Wildman–Crippen LogP) is 3.25. The lowest BCUT2D eigenvalue weighted by Crippen LogP contribution is -2.27. The molecule has 0 amide bonds. The van der Waals surface area contributed by atoms with E-state index >= 15 is 0 Å². The highest BCUT2D eigenvalue weighted by atomic mass is 35.5. The SMILES string of the molecule is Cc1cc(F)c(N)cc1S(=O)(=O)N(C)Cc1ccc(Cl)s1. The molecular formula is C13H14ClFN2O2S2. The third kappa shape index (κ3) is 3.37. The molecule has 0 fully saturated rings. The first-order valence-electron chi connectivity index (χ1n) is 5.98. The van der Waals surface area contributed by atoms with Crippen molar-refractivity contribution in [2.75, 3.05) is 12.8 Å². The monoisotopic (exact) mass is 348 g/mol. The molecule has 1 heterocycles. The van der Waals surface area contributed by atoms with E-state index in [1.54, 1.807) is 12.1 Å². The number of benzene rings is 1. The molecule has 0 saturated carbocycles. The average Bonchev–Trinajstić information content (AvgIpc) is 2.79. The van der Waals surface area contributed by atoms with Crippen LogP contribution < -0.4 is 5.73 Å². The Kier molecular flexibility index (Phi) is 4.57. The van der Waals surface area contributed by atoms with E-state index in [0.717, 1.165) is 17.0 Å². The first kappa shape index (κ1) is 16.2. The van der Waals surface area contributed by atoms with E-state index in [4.69, 9.17) is 17.3 Å². The number of hydrogen-bond acceptors (Lipinski definition) is 4. The molecule has 2 N–H and O–H groups in total. The van der Waals surface area contributed by atoms with Crippen molar-refractivity contribution in [2.45, 2.75) is 18.4 Å². The molecule has 0 radical (unpaired) electrons. The molecule has 0 aliphatic carbocycles. The quantitative estimate of drug-likeness (QED) is 0.862. The summed E-state index contributed by atoms with van der Waals surface area (Å²) >= 11 is 7.14. The molecule has 1 aromatic heterocycles. The molecule has 2 rings (SSSR count). The van der Waals surface area contributed by atoms with E-state index in [1.165, 1.54) is 29.6 Å². The molecule has 8 heteroatoms. The Balaban J connectivity index is 2.35. The zero-order valence-corrected chi connectivity index (χ0v) is 13.8. The van der Waals surface area contributed by atoms with Crippen LogP contribution in [0.3, 0.4) is 0 Å². The first-order chi connectivity index (χ1) is 9.71. The number of nitrogens with two attached hydrogens (primary N) is 1. The van der Waals surface area contributed by atoms with Crippen LogP contribution in [-0.2, 0) is 16.6 Å². The molecule has 114 valence electrons. The normalized spacial score (nSPS) is 12.0. The van der Waals surface area contributed by atoms with Crippen LogP contribution in [0.4, 0.5) is 10.1 Å². The average molecular weight is 349 g/mol. The highest BCUT2D eigenvalue weighted by molar-refractivity contribution is 7.89. The number of anilines is 1. The fourth-order valence-electron chi connectivity index (χ4n) is 1.86. The smallest absolute Gasteiger partial charge is 0.243 e. The summed E-state index contributed by atoms with van der Waals surface area (Å²) < 4.78 is 40.2. The summed E-state index contributed by atoms with van der Waals surface area (Å²) in [6.07, 6.45) is 0. The number of sulfonamides is 1. The molecule has 0 atom stereocenters. The highest BCUT2D eigenvalue weighted by Crippen LogP contribution is 2.27. The third-order valence-electron chi connectivity index (χ3n) is 2.99. The Hall–Kier alpha value is -1.15. The van der Waals surface area contributed by atoms with E-state index < -0.39 is 15.8 Å². The van der Waals surface area contributed by atoms with Gasteiger partial charge in [0, 0.05) is 18.5 Å². The van der Waals surface area contributed by atoms with Crippen molar-refractivity contribution in [3.63, 3.8) is 0 Å². The van der Waals surface area contributed by atoms with Crippen LogP contribution in [0.25, 0.3) is 0 Å². The summed E-state index contributed by atoms with van der Waals surface area (Å²) in [5.74, 6) is -0.626. The molecule has 0 aliphatic rings. The topological polar surface area (TPSA) is 63.4 Å². The van der Waals surface area contributed by atoms with Crippen LogP contribution in [-0.4, -0.2) is 19.8 Å². The van der Waals surface area contributed by atoms with Gasteiger partial charge < -0.3 is 5.73 Å². The Labute approximate surface area is 132 Å². The van der Waals surface area contributed by atoms with Crippen LogP contribution in [0.5, 0.6) is 0 Å². The number of nitrogen functional groups attached to an aromatic ring is 1. The van der Waals surface area contributed by atoms with Gasteiger partial charge in [0.1, 0.15) is 5.82 Å². The lowest BCUT2D eigenvalue weighted by Gasteiger charge is -2.18. The van der Waals surface area contributed by atoms with Gasteiger partial charge in [-0.05, 0) is 36.8 Å². The summed E-state index contributed by atoms with van der Waals surface area (Å²) in [5, 5.41) is 0. The van der Waals surface area contributed by atoms with E-state index in [-0.39, 0.29) is 17.1 Å². The van der Waals surface area contributed by atoms with Crippen molar-refractivity contribution in [3.8, 4) is 0 Å². The van der Waals surface area contributed by atoms with Gasteiger partial charge in [0.15, 0.2) is 0 Å². The number of aryl methyl sites for hydroxylation is 1. The molecule has 21 heavy (non-hydrogen) atoms. The minimum atomic E-state index is -3.75. The summed E-state index contributed by atoms with van der Waals surface area (Å²) in [5.41, 5.74) is 5.60. The largest absolute Gasteiger partial charge is 0.396 e. The van der Waals surface area contributed by atoms with Gasteiger partial charge in [0.2, 0.25) is 10.0 Å². The number of nitrogens with zero attached hydrogens (tertiary/aromatic N) is 1. The van der Waals surface area contributed by atoms with Crippen LogP contribution in [0.15, 0.2) is 29.2 Å². The van der Waals surface area contributed by atoms with Crippen molar-refractivity contribution in [1.29, 1.82) is 0 Å². The van der Waals surface area contributed by atoms with E-state index in [1.807, 2.05) is 0 Å². The third-order valence-corrected chi connectivity index (χ3v) is 6.15. The summed E-state index contributed by atoms with van der Waals surface area (Å²) in [4.78, 5) is 0.824. The van der Waals surface area contributed by atoms with Crippen LogP contribution in [0, 0.1) is 12.7 Å². The molecule has 4 nitrogen and oxygen atoms in total. The van der Waals surface area contributed by atoms with Gasteiger partial charge in [-0.2, -0.15) is 4.31 Å². The summed E-state index contributed by atoms with van der Waals surface area (Å²) in [7, 11) is -2.29. The number of rotatable bonds is 4. The van der Waals surface area contributed by atoms with E-state index in [9.17, 15) is 12.8 Å². The lowest BCUT2D eigenvalue weighted by molar-refractivity contribution is 0.469. The molecule has 0 unspecified atom stereocenters. The van der Waals surface area contributed by atoms with Crippen molar-refractivity contribution in [2.24, 2.45) is 0 Å². The first-order valence-corrected chi connectivity index (χ1v) is 8.61. The maximum atomic E-state index is 13.4. The minimum Gasteiger partial charge on any atom is -0.396 e. The summed E-state index contributed by atoms with van der Waals surface area (Å²) in [6, 6.07) is 5.75. The second-order valence-electron chi connectivity index (χ2n) is 4.61. The van der Waals surface area contributed by atoms with Crippen molar-refractivity contribution < 1.29 is 12.8 Å².